The van der Waals surface area contributed by atoms with Crippen LogP contribution in [0.1, 0.15) is 0 Å². The number of para-hydroxylation sites is 4. The normalized spacial score (nSPS) is 11.8. The van der Waals surface area contributed by atoms with Crippen molar-refractivity contribution in [3.63, 3.8) is 0 Å². The fourth-order valence-electron chi connectivity index (χ4n) is 7.42. The summed E-state index contributed by atoms with van der Waals surface area (Å²) in [5, 5.41) is 10.9. The van der Waals surface area contributed by atoms with Crippen LogP contribution in [0.15, 0.2) is 170 Å². The molecule has 7 aromatic carbocycles. The largest absolute Gasteiger partial charge is 0.309 e. The Bertz CT molecular complexity index is 2770. The third kappa shape index (κ3) is 3.85. The van der Waals surface area contributed by atoms with Gasteiger partial charge in [-0.3, -0.25) is 0 Å². The quantitative estimate of drug-likeness (QED) is 0.197. The zero-order chi connectivity index (χ0) is 30.9. The molecule has 0 N–H and O–H groups in total. The molecule has 0 amide bonds. The van der Waals surface area contributed by atoms with E-state index < -0.39 is 0 Å². The van der Waals surface area contributed by atoms with Gasteiger partial charge in [-0.15, -0.1) is 0 Å². The van der Waals surface area contributed by atoms with Crippen LogP contribution >= 0.6 is 0 Å². The minimum atomic E-state index is 1.05. The maximum Gasteiger partial charge on any atom is 0.0762 e. The predicted octanol–water partition coefficient (Wildman–Crippen LogP) is 10.9. The molecule has 0 aliphatic heterocycles. The van der Waals surface area contributed by atoms with Gasteiger partial charge in [0, 0.05) is 38.3 Å². The molecular formula is C43H28N4. The molecule has 0 aliphatic carbocycles. The van der Waals surface area contributed by atoms with Gasteiger partial charge in [0.1, 0.15) is 0 Å². The summed E-state index contributed by atoms with van der Waals surface area (Å²) in [6.45, 7) is 0. The molecule has 10 aromatic rings. The van der Waals surface area contributed by atoms with E-state index in [9.17, 15) is 0 Å². The van der Waals surface area contributed by atoms with Gasteiger partial charge < -0.3 is 9.13 Å². The first-order valence-corrected chi connectivity index (χ1v) is 16.0. The molecule has 0 bridgehead atoms. The van der Waals surface area contributed by atoms with Crippen molar-refractivity contribution < 1.29 is 0 Å². The first-order valence-electron chi connectivity index (χ1n) is 16.0. The molecule has 0 unspecified atom stereocenters. The van der Waals surface area contributed by atoms with Gasteiger partial charge >= 0.3 is 0 Å². The lowest BCUT2D eigenvalue weighted by molar-refractivity contribution is 0.911. The summed E-state index contributed by atoms with van der Waals surface area (Å²) in [6.07, 6.45) is 2.01. The highest BCUT2D eigenvalue weighted by Gasteiger charge is 2.19. The van der Waals surface area contributed by atoms with Crippen LogP contribution in [0.2, 0.25) is 0 Å². The summed E-state index contributed by atoms with van der Waals surface area (Å²) in [5.74, 6) is 0. The summed E-state index contributed by atoms with van der Waals surface area (Å²) < 4.78 is 6.80. The number of hydrogen-bond donors (Lipinski definition) is 0. The van der Waals surface area contributed by atoms with Crippen molar-refractivity contribution >= 4 is 54.5 Å². The Morgan fingerprint density at radius 2 is 0.851 bits per heavy atom. The second-order valence-electron chi connectivity index (χ2n) is 12.1. The molecule has 3 aromatic heterocycles. The van der Waals surface area contributed by atoms with Gasteiger partial charge in [-0.2, -0.15) is 5.10 Å². The average molecular weight is 601 g/mol. The summed E-state index contributed by atoms with van der Waals surface area (Å²) in [6, 6.07) is 58.6. The average Bonchev–Trinajstić information content (AvgIpc) is 3.82. The number of fused-ring (bicyclic) bond motifs is 8. The third-order valence-corrected chi connectivity index (χ3v) is 9.51. The molecule has 220 valence electrons. The summed E-state index contributed by atoms with van der Waals surface area (Å²) in [7, 11) is 0. The molecule has 4 nitrogen and oxygen atoms in total. The maximum absolute atomic E-state index is 4.86. The van der Waals surface area contributed by atoms with Crippen molar-refractivity contribution in [3.05, 3.63) is 170 Å². The first-order chi connectivity index (χ1) is 23.3. The Labute approximate surface area is 271 Å². The lowest BCUT2D eigenvalue weighted by Gasteiger charge is -2.09. The van der Waals surface area contributed by atoms with Crippen LogP contribution in [0.5, 0.6) is 0 Å². The highest BCUT2D eigenvalue weighted by molar-refractivity contribution is 6.19. The Kier molecular flexibility index (Phi) is 5.54. The van der Waals surface area contributed by atoms with Crippen molar-refractivity contribution in [2.75, 3.05) is 0 Å². The molecular weight excluding hydrogens is 573 g/mol. The van der Waals surface area contributed by atoms with Crippen LogP contribution in [0.25, 0.3) is 82.7 Å². The molecule has 4 heteroatoms. The molecule has 0 fully saturated rings. The zero-order valence-electron chi connectivity index (χ0n) is 25.5. The molecule has 0 atom stereocenters. The second kappa shape index (κ2) is 10.1. The predicted molar refractivity (Wildman–Crippen MR) is 195 cm³/mol. The molecule has 10 rings (SSSR count). The summed E-state index contributed by atoms with van der Waals surface area (Å²) >= 11 is 0. The van der Waals surface area contributed by atoms with Gasteiger partial charge in [0.25, 0.3) is 0 Å². The van der Waals surface area contributed by atoms with E-state index in [1.165, 1.54) is 60.4 Å². The zero-order valence-corrected chi connectivity index (χ0v) is 25.5. The number of rotatable bonds is 4. The van der Waals surface area contributed by atoms with Gasteiger partial charge in [0.05, 0.1) is 39.5 Å². The molecule has 3 heterocycles. The minimum Gasteiger partial charge on any atom is -0.309 e. The van der Waals surface area contributed by atoms with E-state index >= 15 is 0 Å². The highest BCUT2D eigenvalue weighted by atomic mass is 15.3. The van der Waals surface area contributed by atoms with Crippen molar-refractivity contribution in [1.82, 2.24) is 18.9 Å². The molecule has 0 radical (unpaired) electrons. The van der Waals surface area contributed by atoms with Crippen LogP contribution in [0.3, 0.4) is 0 Å². The number of aromatic nitrogens is 4. The van der Waals surface area contributed by atoms with Gasteiger partial charge in [-0.1, -0.05) is 84.9 Å². The van der Waals surface area contributed by atoms with Crippen LogP contribution in [-0.2, 0) is 0 Å². The lowest BCUT2D eigenvalue weighted by Crippen LogP contribution is -1.96. The van der Waals surface area contributed by atoms with Crippen LogP contribution < -0.4 is 0 Å². The number of hydrogen-bond acceptors (Lipinski definition) is 1. The smallest absolute Gasteiger partial charge is 0.0762 e. The van der Waals surface area contributed by atoms with Crippen molar-refractivity contribution in [1.29, 1.82) is 0 Å². The van der Waals surface area contributed by atoms with Crippen molar-refractivity contribution in [2.45, 2.75) is 0 Å². The van der Waals surface area contributed by atoms with E-state index in [-0.39, 0.29) is 0 Å². The molecule has 0 saturated carbocycles. The standard InChI is InChI=1S/C43H28N4/c1-4-12-31(13-5-1)45-39-19-11-10-18-34(39)36-26-29(20-23-40(36)45)30-21-24-41-37(27-30)35-22-25-42-38(28-44-47(42)33-16-8-3-9-17-33)43(35)46(41)32-14-6-2-7-15-32/h1-28H. The lowest BCUT2D eigenvalue weighted by atomic mass is 10.0. The summed E-state index contributed by atoms with van der Waals surface area (Å²) in [5.41, 5.74) is 11.6. The topological polar surface area (TPSA) is 27.7 Å². The molecule has 0 aliphatic rings. The van der Waals surface area contributed by atoms with Gasteiger partial charge in [0.2, 0.25) is 0 Å². The van der Waals surface area contributed by atoms with Crippen LogP contribution in [0.4, 0.5) is 0 Å². The van der Waals surface area contributed by atoms with Crippen LogP contribution in [0, 0.1) is 0 Å². The Hall–Kier alpha value is -6.39. The van der Waals surface area contributed by atoms with Gasteiger partial charge in [-0.25, -0.2) is 4.68 Å². The molecule has 47 heavy (non-hydrogen) atoms. The highest BCUT2D eigenvalue weighted by Crippen LogP contribution is 2.40. The third-order valence-electron chi connectivity index (χ3n) is 9.51. The van der Waals surface area contributed by atoms with Gasteiger partial charge in [-0.05, 0) is 90.0 Å². The molecule has 0 saturated heterocycles. The Morgan fingerprint density at radius 1 is 0.340 bits per heavy atom. The van der Waals surface area contributed by atoms with E-state index in [2.05, 4.69) is 167 Å². The minimum absolute atomic E-state index is 1.05. The monoisotopic (exact) mass is 600 g/mol. The Balaban J connectivity index is 1.21. The Morgan fingerprint density at radius 3 is 1.53 bits per heavy atom. The van der Waals surface area contributed by atoms with Crippen molar-refractivity contribution in [3.8, 4) is 28.2 Å². The SMILES string of the molecule is c1ccc(-n2ncc3c2ccc2c4cc(-c5ccc6c(c5)c5ccccc5n6-c5ccccc5)ccc4n(-c4ccccc4)c23)cc1. The second-order valence-corrected chi connectivity index (χ2v) is 12.1. The molecule has 0 spiro atoms. The van der Waals surface area contributed by atoms with Gasteiger partial charge in [0.15, 0.2) is 0 Å². The maximum atomic E-state index is 4.86. The first kappa shape index (κ1) is 25.9. The number of nitrogens with zero attached hydrogens (tertiary/aromatic N) is 4. The van der Waals surface area contributed by atoms with Crippen LogP contribution in [-0.4, -0.2) is 18.9 Å². The fraction of sp³-hybridized carbons (Fsp3) is 0. The fourth-order valence-corrected chi connectivity index (χ4v) is 7.42. The van der Waals surface area contributed by atoms with E-state index in [1.54, 1.807) is 0 Å². The van der Waals surface area contributed by atoms with E-state index in [0.29, 0.717) is 0 Å². The van der Waals surface area contributed by atoms with E-state index in [0.717, 1.165) is 22.3 Å². The van der Waals surface area contributed by atoms with E-state index in [4.69, 9.17) is 5.10 Å². The number of benzene rings is 7. The van der Waals surface area contributed by atoms with Crippen molar-refractivity contribution in [2.24, 2.45) is 0 Å². The van der Waals surface area contributed by atoms with E-state index in [1.807, 2.05) is 16.9 Å². The summed E-state index contributed by atoms with van der Waals surface area (Å²) in [4.78, 5) is 0.